The third-order valence-electron chi connectivity index (χ3n) is 2.81. The van der Waals surface area contributed by atoms with Crippen molar-refractivity contribution in [2.45, 2.75) is 25.3 Å². The van der Waals surface area contributed by atoms with Crippen molar-refractivity contribution in [1.29, 1.82) is 0 Å². The van der Waals surface area contributed by atoms with Crippen LogP contribution >= 0.6 is 12.4 Å². The second-order valence-electron chi connectivity index (χ2n) is 4.00. The Balaban J connectivity index is 0.00000289. The molecule has 1 aromatic carbocycles. The van der Waals surface area contributed by atoms with Crippen LogP contribution in [-0.4, -0.2) is 20.8 Å². The minimum Gasteiger partial charge on any atom is -0.497 e. The lowest BCUT2D eigenvalue weighted by Crippen LogP contribution is -2.12. The highest BCUT2D eigenvalue weighted by Gasteiger charge is 2.12. The van der Waals surface area contributed by atoms with Crippen LogP contribution < -0.4 is 20.9 Å². The summed E-state index contributed by atoms with van der Waals surface area (Å²) in [6.45, 7) is 0.715. The molecular weight excluding hydrogens is 252 g/mol. The first kappa shape index (κ1) is 17.0. The zero-order chi connectivity index (χ0) is 12.7. The average molecular weight is 275 g/mol. The van der Waals surface area contributed by atoms with Gasteiger partial charge < -0.3 is 20.9 Å². The number of benzene rings is 1. The molecule has 1 atom stereocenters. The minimum absolute atomic E-state index is 0. The van der Waals surface area contributed by atoms with E-state index in [1.165, 1.54) is 0 Å². The molecule has 0 spiro atoms. The molecule has 0 bridgehead atoms. The summed E-state index contributed by atoms with van der Waals surface area (Å²) in [7, 11) is 3.28. The van der Waals surface area contributed by atoms with E-state index in [0.717, 1.165) is 36.3 Å². The molecule has 0 aromatic heterocycles. The molecule has 0 aliphatic heterocycles. The molecule has 0 aliphatic rings. The lowest BCUT2D eigenvalue weighted by Gasteiger charge is -2.16. The number of halogens is 1. The fraction of sp³-hybridized carbons (Fsp3) is 0.538. The number of methoxy groups -OCH3 is 2. The highest BCUT2D eigenvalue weighted by Crippen LogP contribution is 2.30. The molecule has 104 valence electrons. The molecule has 0 fully saturated rings. The van der Waals surface area contributed by atoms with E-state index in [4.69, 9.17) is 20.9 Å². The average Bonchev–Trinajstić information content (AvgIpc) is 2.38. The van der Waals surface area contributed by atoms with Gasteiger partial charge in [0.05, 0.1) is 14.2 Å². The number of hydrogen-bond donors (Lipinski definition) is 2. The van der Waals surface area contributed by atoms with Gasteiger partial charge in [0, 0.05) is 17.7 Å². The van der Waals surface area contributed by atoms with E-state index in [2.05, 4.69) is 0 Å². The van der Waals surface area contributed by atoms with E-state index in [1.807, 2.05) is 18.2 Å². The van der Waals surface area contributed by atoms with Gasteiger partial charge in [0.2, 0.25) is 0 Å². The zero-order valence-electron chi connectivity index (χ0n) is 11.0. The number of rotatable bonds is 7. The smallest absolute Gasteiger partial charge is 0.127 e. The Morgan fingerprint density at radius 2 is 1.89 bits per heavy atom. The van der Waals surface area contributed by atoms with Gasteiger partial charge in [-0.25, -0.2) is 0 Å². The summed E-state index contributed by atoms with van der Waals surface area (Å²) < 4.78 is 10.5. The summed E-state index contributed by atoms with van der Waals surface area (Å²) in [6, 6.07) is 5.71. The fourth-order valence-electron chi connectivity index (χ4n) is 1.79. The van der Waals surface area contributed by atoms with Crippen LogP contribution in [0, 0.1) is 0 Å². The van der Waals surface area contributed by atoms with Gasteiger partial charge in [-0.05, 0) is 25.5 Å². The van der Waals surface area contributed by atoms with Gasteiger partial charge in [0.15, 0.2) is 0 Å². The predicted octanol–water partition coefficient (Wildman–Crippen LogP) is 2.25. The molecule has 1 rings (SSSR count). The molecule has 0 aliphatic carbocycles. The molecule has 0 radical (unpaired) electrons. The van der Waals surface area contributed by atoms with Crippen LogP contribution in [0.3, 0.4) is 0 Å². The Kier molecular flexibility index (Phi) is 8.54. The van der Waals surface area contributed by atoms with Gasteiger partial charge in [-0.3, -0.25) is 0 Å². The Morgan fingerprint density at radius 3 is 2.44 bits per heavy atom. The monoisotopic (exact) mass is 274 g/mol. The summed E-state index contributed by atoms with van der Waals surface area (Å²) in [4.78, 5) is 0. The third kappa shape index (κ3) is 4.72. The Labute approximate surface area is 115 Å². The topological polar surface area (TPSA) is 70.5 Å². The molecule has 4 nitrogen and oxygen atoms in total. The molecule has 0 amide bonds. The Morgan fingerprint density at radius 1 is 1.17 bits per heavy atom. The Bertz CT molecular complexity index is 348. The standard InChI is InChI=1S/C13H22N2O2.ClH/c1-16-10-6-7-11(13(9-10)17-2)12(15)5-3-4-8-14;/h6-7,9,12H,3-5,8,14-15H2,1-2H3;1H/t12-;/m0./s1. The Hall–Kier alpha value is -0.970. The first-order valence-electron chi connectivity index (χ1n) is 5.90. The predicted molar refractivity (Wildman–Crippen MR) is 76.6 cm³/mol. The number of ether oxygens (including phenoxy) is 2. The van der Waals surface area contributed by atoms with Crippen molar-refractivity contribution in [1.82, 2.24) is 0 Å². The fourth-order valence-corrected chi connectivity index (χ4v) is 1.79. The minimum atomic E-state index is -0.0117. The molecular formula is C13H23ClN2O2. The molecule has 0 unspecified atom stereocenters. The zero-order valence-corrected chi connectivity index (χ0v) is 11.8. The summed E-state index contributed by atoms with van der Waals surface area (Å²) in [5.74, 6) is 1.56. The highest BCUT2D eigenvalue weighted by molar-refractivity contribution is 5.85. The van der Waals surface area contributed by atoms with Crippen molar-refractivity contribution in [3.63, 3.8) is 0 Å². The maximum absolute atomic E-state index is 6.14. The van der Waals surface area contributed by atoms with Gasteiger partial charge >= 0.3 is 0 Å². The largest absolute Gasteiger partial charge is 0.497 e. The normalized spacial score (nSPS) is 11.6. The van der Waals surface area contributed by atoms with E-state index >= 15 is 0 Å². The number of nitrogens with two attached hydrogens (primary N) is 2. The first-order valence-corrected chi connectivity index (χ1v) is 5.90. The first-order chi connectivity index (χ1) is 8.22. The molecule has 1 aromatic rings. The van der Waals surface area contributed by atoms with Crippen molar-refractivity contribution in [3.8, 4) is 11.5 Å². The molecule has 0 saturated heterocycles. The number of hydrogen-bond acceptors (Lipinski definition) is 4. The maximum Gasteiger partial charge on any atom is 0.127 e. The van der Waals surface area contributed by atoms with E-state index in [1.54, 1.807) is 14.2 Å². The van der Waals surface area contributed by atoms with Crippen LogP contribution in [0.2, 0.25) is 0 Å². The van der Waals surface area contributed by atoms with Gasteiger partial charge in [-0.2, -0.15) is 0 Å². The summed E-state index contributed by atoms with van der Waals surface area (Å²) in [6.07, 6.45) is 2.96. The van der Waals surface area contributed by atoms with Gasteiger partial charge in [0.25, 0.3) is 0 Å². The molecule has 4 N–H and O–H groups in total. The van der Waals surface area contributed by atoms with E-state index < -0.39 is 0 Å². The van der Waals surface area contributed by atoms with Crippen molar-refractivity contribution < 1.29 is 9.47 Å². The van der Waals surface area contributed by atoms with Crippen LogP contribution in [0.5, 0.6) is 11.5 Å². The van der Waals surface area contributed by atoms with E-state index in [0.29, 0.717) is 6.54 Å². The summed E-state index contributed by atoms with van der Waals surface area (Å²) in [5.41, 5.74) is 12.6. The van der Waals surface area contributed by atoms with Crippen LogP contribution in [0.25, 0.3) is 0 Å². The van der Waals surface area contributed by atoms with Crippen molar-refractivity contribution >= 4 is 12.4 Å². The van der Waals surface area contributed by atoms with E-state index in [-0.39, 0.29) is 18.4 Å². The molecule has 0 heterocycles. The van der Waals surface area contributed by atoms with Crippen molar-refractivity contribution in [2.75, 3.05) is 20.8 Å². The van der Waals surface area contributed by atoms with Crippen LogP contribution in [0.1, 0.15) is 30.9 Å². The van der Waals surface area contributed by atoms with Gasteiger partial charge in [-0.15, -0.1) is 12.4 Å². The summed E-state index contributed by atoms with van der Waals surface area (Å²) >= 11 is 0. The van der Waals surface area contributed by atoms with Crippen LogP contribution in [0.15, 0.2) is 18.2 Å². The lowest BCUT2D eigenvalue weighted by molar-refractivity contribution is 0.387. The third-order valence-corrected chi connectivity index (χ3v) is 2.81. The van der Waals surface area contributed by atoms with Crippen LogP contribution in [0.4, 0.5) is 0 Å². The second-order valence-corrected chi connectivity index (χ2v) is 4.00. The van der Waals surface area contributed by atoms with Crippen molar-refractivity contribution in [3.05, 3.63) is 23.8 Å². The maximum atomic E-state index is 6.14. The van der Waals surface area contributed by atoms with Gasteiger partial charge in [-0.1, -0.05) is 12.5 Å². The highest BCUT2D eigenvalue weighted by atomic mass is 35.5. The molecule has 18 heavy (non-hydrogen) atoms. The SMILES string of the molecule is COc1ccc([C@@H](N)CCCCN)c(OC)c1.Cl. The van der Waals surface area contributed by atoms with Crippen molar-refractivity contribution in [2.24, 2.45) is 11.5 Å². The van der Waals surface area contributed by atoms with Gasteiger partial charge in [0.1, 0.15) is 11.5 Å². The lowest BCUT2D eigenvalue weighted by atomic mass is 10.0. The second kappa shape index (κ2) is 9.03. The number of unbranched alkanes of at least 4 members (excludes halogenated alkanes) is 1. The molecule has 0 saturated carbocycles. The van der Waals surface area contributed by atoms with E-state index in [9.17, 15) is 0 Å². The summed E-state index contributed by atoms with van der Waals surface area (Å²) in [5, 5.41) is 0. The van der Waals surface area contributed by atoms with Crippen LogP contribution in [-0.2, 0) is 0 Å². The molecule has 5 heteroatoms. The quantitative estimate of drug-likeness (QED) is 0.748.